The molecule has 4 heteroatoms. The Morgan fingerprint density at radius 2 is 2.21 bits per heavy atom. The molecular weight excluding hydrogens is 194 g/mol. The molecule has 0 aliphatic carbocycles. The molecular formula is C10H7N3S. The maximum absolute atomic E-state index is 4.36. The molecule has 0 saturated carbocycles. The molecule has 0 fully saturated rings. The van der Waals surface area contributed by atoms with Crippen LogP contribution in [0, 0.1) is 0 Å². The van der Waals surface area contributed by atoms with Crippen molar-refractivity contribution in [2.45, 2.75) is 0 Å². The number of hydrogen-bond donors (Lipinski definition) is 1. The average molecular weight is 201 g/mol. The Hall–Kier alpha value is -1.55. The molecule has 2 heterocycles. The third-order valence-electron chi connectivity index (χ3n) is 2.20. The lowest BCUT2D eigenvalue weighted by Gasteiger charge is -2.12. The number of aromatic nitrogens is 1. The topological polar surface area (TPSA) is 37.3 Å². The van der Waals surface area contributed by atoms with Gasteiger partial charge in [-0.05, 0) is 6.07 Å². The van der Waals surface area contributed by atoms with Gasteiger partial charge in [0.25, 0.3) is 0 Å². The summed E-state index contributed by atoms with van der Waals surface area (Å²) in [6.45, 7) is 0. The van der Waals surface area contributed by atoms with Crippen LogP contribution in [0.15, 0.2) is 34.9 Å². The maximum Gasteiger partial charge on any atom is 0.0948 e. The summed E-state index contributed by atoms with van der Waals surface area (Å²) in [6, 6.07) is 8.11. The SMILES string of the molecule is C1=NSNc2c1ccc1cccnc21. The van der Waals surface area contributed by atoms with Crippen LogP contribution in [0.4, 0.5) is 5.69 Å². The Balaban J connectivity index is 2.41. The lowest BCUT2D eigenvalue weighted by molar-refractivity contribution is 1.41. The van der Waals surface area contributed by atoms with Gasteiger partial charge < -0.3 is 4.72 Å². The first-order chi connectivity index (χ1) is 6.95. The molecule has 0 radical (unpaired) electrons. The van der Waals surface area contributed by atoms with Crippen molar-refractivity contribution in [1.82, 2.24) is 4.98 Å². The lowest BCUT2D eigenvalue weighted by atomic mass is 10.1. The Bertz CT molecular complexity index is 522. The maximum atomic E-state index is 4.36. The summed E-state index contributed by atoms with van der Waals surface area (Å²) < 4.78 is 7.24. The molecule has 68 valence electrons. The minimum Gasteiger partial charge on any atom is -0.308 e. The van der Waals surface area contributed by atoms with Crippen molar-refractivity contribution in [3.8, 4) is 0 Å². The van der Waals surface area contributed by atoms with Crippen LogP contribution in [0.1, 0.15) is 5.56 Å². The predicted octanol–water partition coefficient (Wildman–Crippen LogP) is 2.64. The predicted molar refractivity (Wildman–Crippen MR) is 60.6 cm³/mol. The van der Waals surface area contributed by atoms with E-state index < -0.39 is 0 Å². The zero-order valence-corrected chi connectivity index (χ0v) is 8.08. The van der Waals surface area contributed by atoms with Crippen molar-refractivity contribution < 1.29 is 0 Å². The molecule has 2 aromatic rings. The highest BCUT2D eigenvalue weighted by atomic mass is 32.2. The van der Waals surface area contributed by atoms with Crippen LogP contribution in [0.3, 0.4) is 0 Å². The molecule has 0 bridgehead atoms. The van der Waals surface area contributed by atoms with E-state index in [1.54, 1.807) is 6.20 Å². The molecule has 1 N–H and O–H groups in total. The van der Waals surface area contributed by atoms with Crippen LogP contribution < -0.4 is 4.72 Å². The first kappa shape index (κ1) is 7.82. The van der Waals surface area contributed by atoms with Crippen LogP contribution in [0.25, 0.3) is 10.9 Å². The van der Waals surface area contributed by atoms with Gasteiger partial charge in [-0.2, -0.15) is 0 Å². The quantitative estimate of drug-likeness (QED) is 0.666. The van der Waals surface area contributed by atoms with Gasteiger partial charge in [0.1, 0.15) is 0 Å². The highest BCUT2D eigenvalue weighted by Gasteiger charge is 2.09. The van der Waals surface area contributed by atoms with Crippen LogP contribution >= 0.6 is 12.1 Å². The Morgan fingerprint density at radius 1 is 1.21 bits per heavy atom. The number of benzene rings is 1. The van der Waals surface area contributed by atoms with E-state index in [4.69, 9.17) is 0 Å². The second-order valence-corrected chi connectivity index (χ2v) is 3.63. The molecule has 0 unspecified atom stereocenters. The zero-order valence-electron chi connectivity index (χ0n) is 7.27. The van der Waals surface area contributed by atoms with Crippen molar-refractivity contribution in [2.24, 2.45) is 4.40 Å². The fraction of sp³-hybridized carbons (Fsp3) is 0. The smallest absolute Gasteiger partial charge is 0.0948 e. The Labute approximate surface area is 85.5 Å². The summed E-state index contributed by atoms with van der Waals surface area (Å²) in [5.41, 5.74) is 3.15. The molecule has 1 aromatic carbocycles. The van der Waals surface area contributed by atoms with E-state index in [1.807, 2.05) is 12.3 Å². The normalized spacial score (nSPS) is 13.7. The molecule has 0 saturated heterocycles. The van der Waals surface area contributed by atoms with E-state index in [1.165, 1.54) is 12.1 Å². The standard InChI is InChI=1S/C10H7N3S/c1-2-7-3-4-8-6-12-14-13-10(8)9(7)11-5-1/h1-6,13H. The number of nitrogens with one attached hydrogen (secondary N) is 1. The van der Waals surface area contributed by atoms with E-state index >= 15 is 0 Å². The number of anilines is 1. The number of pyridine rings is 1. The van der Waals surface area contributed by atoms with Crippen molar-refractivity contribution in [3.63, 3.8) is 0 Å². The van der Waals surface area contributed by atoms with Gasteiger partial charge >= 0.3 is 0 Å². The molecule has 1 aliphatic heterocycles. The first-order valence-electron chi connectivity index (χ1n) is 4.28. The third kappa shape index (κ3) is 1.08. The summed E-state index contributed by atoms with van der Waals surface area (Å²) in [7, 11) is 0. The molecule has 0 amide bonds. The van der Waals surface area contributed by atoms with Gasteiger partial charge in [0.15, 0.2) is 0 Å². The van der Waals surface area contributed by atoms with E-state index in [0.717, 1.165) is 22.2 Å². The van der Waals surface area contributed by atoms with Gasteiger partial charge in [-0.15, -0.1) is 0 Å². The van der Waals surface area contributed by atoms with Crippen LogP contribution in [-0.4, -0.2) is 11.2 Å². The molecule has 14 heavy (non-hydrogen) atoms. The first-order valence-corrected chi connectivity index (χ1v) is 5.05. The summed E-state index contributed by atoms with van der Waals surface area (Å²) in [4.78, 5) is 4.36. The summed E-state index contributed by atoms with van der Waals surface area (Å²) in [5, 5.41) is 1.15. The molecule has 3 nitrogen and oxygen atoms in total. The second kappa shape index (κ2) is 2.99. The number of fused-ring (bicyclic) bond motifs is 3. The molecule has 0 atom stereocenters. The van der Waals surface area contributed by atoms with E-state index in [9.17, 15) is 0 Å². The average Bonchev–Trinajstić information content (AvgIpc) is 2.29. The highest BCUT2D eigenvalue weighted by molar-refractivity contribution is 7.99. The van der Waals surface area contributed by atoms with Crippen molar-refractivity contribution in [2.75, 3.05) is 4.72 Å². The van der Waals surface area contributed by atoms with Crippen LogP contribution in [0.5, 0.6) is 0 Å². The minimum absolute atomic E-state index is 1.00. The fourth-order valence-corrected chi connectivity index (χ4v) is 2.06. The van der Waals surface area contributed by atoms with E-state index in [0.29, 0.717) is 0 Å². The molecule has 1 aromatic heterocycles. The largest absolute Gasteiger partial charge is 0.308 e. The Morgan fingerprint density at radius 3 is 3.21 bits per heavy atom. The summed E-state index contributed by atoms with van der Waals surface area (Å²) in [6.07, 6.45) is 3.66. The van der Waals surface area contributed by atoms with Crippen molar-refractivity contribution in [3.05, 3.63) is 36.0 Å². The summed E-state index contributed by atoms with van der Waals surface area (Å²) in [5.74, 6) is 0. The van der Waals surface area contributed by atoms with Crippen LogP contribution in [-0.2, 0) is 0 Å². The third-order valence-corrected chi connectivity index (χ3v) is 2.71. The van der Waals surface area contributed by atoms with Gasteiger partial charge in [-0.25, -0.2) is 4.40 Å². The fourth-order valence-electron chi connectivity index (χ4n) is 1.53. The van der Waals surface area contributed by atoms with Gasteiger partial charge in [0.05, 0.1) is 23.3 Å². The van der Waals surface area contributed by atoms with Gasteiger partial charge in [0, 0.05) is 23.4 Å². The van der Waals surface area contributed by atoms with Gasteiger partial charge in [-0.3, -0.25) is 4.98 Å². The number of rotatable bonds is 0. The minimum atomic E-state index is 1.00. The Kier molecular flexibility index (Phi) is 1.67. The van der Waals surface area contributed by atoms with E-state index in [2.05, 4.69) is 32.3 Å². The molecule has 3 rings (SSSR count). The lowest BCUT2D eigenvalue weighted by Crippen LogP contribution is -1.98. The van der Waals surface area contributed by atoms with Gasteiger partial charge in [0.2, 0.25) is 0 Å². The zero-order chi connectivity index (χ0) is 9.38. The van der Waals surface area contributed by atoms with Crippen LogP contribution in [0.2, 0.25) is 0 Å². The second-order valence-electron chi connectivity index (χ2n) is 3.03. The van der Waals surface area contributed by atoms with E-state index in [-0.39, 0.29) is 0 Å². The van der Waals surface area contributed by atoms with Crippen molar-refractivity contribution in [1.29, 1.82) is 0 Å². The summed E-state index contributed by atoms with van der Waals surface area (Å²) >= 11 is 1.33. The highest BCUT2D eigenvalue weighted by Crippen LogP contribution is 2.29. The van der Waals surface area contributed by atoms with Gasteiger partial charge in [-0.1, -0.05) is 18.2 Å². The molecule has 1 aliphatic rings. The molecule has 0 spiro atoms. The number of hydrogen-bond acceptors (Lipinski definition) is 4. The monoisotopic (exact) mass is 201 g/mol. The van der Waals surface area contributed by atoms with Crippen molar-refractivity contribution >= 4 is 34.9 Å². The number of nitrogens with zero attached hydrogens (tertiary/aromatic N) is 2.